The first-order valence-electron chi connectivity index (χ1n) is 6.56. The largest absolute Gasteiger partial charge is 0.375 e. The van der Waals surface area contributed by atoms with Crippen LogP contribution in [0.15, 0.2) is 23.2 Å². The van der Waals surface area contributed by atoms with Crippen LogP contribution in [0.3, 0.4) is 0 Å². The second kappa shape index (κ2) is 8.49. The summed E-state index contributed by atoms with van der Waals surface area (Å²) in [6.45, 7) is 4.14. The lowest BCUT2D eigenvalue weighted by molar-refractivity contribution is -0.384. The van der Waals surface area contributed by atoms with Gasteiger partial charge < -0.3 is 15.4 Å². The van der Waals surface area contributed by atoms with Crippen LogP contribution in [-0.2, 0) is 11.3 Å². The first-order chi connectivity index (χ1) is 9.97. The van der Waals surface area contributed by atoms with Gasteiger partial charge in [-0.25, -0.2) is 4.99 Å². The molecule has 2 rings (SSSR count). The fourth-order valence-corrected chi connectivity index (χ4v) is 2.27. The van der Waals surface area contributed by atoms with E-state index in [-0.39, 0.29) is 42.3 Å². The van der Waals surface area contributed by atoms with Crippen LogP contribution in [0.1, 0.15) is 12.5 Å². The highest BCUT2D eigenvalue weighted by Gasteiger charge is 2.18. The summed E-state index contributed by atoms with van der Waals surface area (Å²) < 4.78 is 5.43. The smallest absolute Gasteiger partial charge is 0.269 e. The van der Waals surface area contributed by atoms with Crippen LogP contribution < -0.4 is 5.73 Å². The molecule has 9 heteroatoms. The maximum absolute atomic E-state index is 10.8. The number of nitro groups is 1. The quantitative estimate of drug-likeness (QED) is 0.256. The van der Waals surface area contributed by atoms with Crippen molar-refractivity contribution in [2.45, 2.75) is 19.6 Å². The highest BCUT2D eigenvalue weighted by Crippen LogP contribution is 2.22. The molecular weight excluding hydrogens is 423 g/mol. The summed E-state index contributed by atoms with van der Waals surface area (Å²) >= 11 is 6.03. The minimum atomic E-state index is -0.462. The Morgan fingerprint density at radius 3 is 3.00 bits per heavy atom. The van der Waals surface area contributed by atoms with Crippen molar-refractivity contribution >= 4 is 47.2 Å². The van der Waals surface area contributed by atoms with Gasteiger partial charge in [0.25, 0.3) is 5.69 Å². The second-order valence-electron chi connectivity index (χ2n) is 4.83. The predicted octanol–water partition coefficient (Wildman–Crippen LogP) is 2.40. The summed E-state index contributed by atoms with van der Waals surface area (Å²) in [6.07, 6.45) is 0.105. The number of halogens is 2. The first kappa shape index (κ1) is 18.9. The van der Waals surface area contributed by atoms with E-state index in [2.05, 4.69) is 4.99 Å². The zero-order chi connectivity index (χ0) is 15.4. The maximum Gasteiger partial charge on any atom is 0.269 e. The third-order valence-electron chi connectivity index (χ3n) is 3.22. The molecule has 1 unspecified atom stereocenters. The predicted molar refractivity (Wildman–Crippen MR) is 95.8 cm³/mol. The molecule has 2 N–H and O–H groups in total. The van der Waals surface area contributed by atoms with Crippen molar-refractivity contribution in [3.63, 3.8) is 0 Å². The minimum Gasteiger partial charge on any atom is -0.375 e. The fraction of sp³-hybridized carbons (Fsp3) is 0.462. The normalized spacial score (nSPS) is 18.7. The summed E-state index contributed by atoms with van der Waals surface area (Å²) in [5, 5.41) is 11.2. The SMILES string of the molecule is CC1CN(C(N)=NCc2cc([N+](=O)[O-])ccc2Cl)CCO1.I. The van der Waals surface area contributed by atoms with Crippen molar-refractivity contribution in [1.82, 2.24) is 4.90 Å². The van der Waals surface area contributed by atoms with E-state index in [1.807, 2.05) is 11.8 Å². The van der Waals surface area contributed by atoms with Crippen LogP contribution in [0, 0.1) is 10.1 Å². The molecular formula is C13H18ClIN4O3. The topological polar surface area (TPSA) is 94.0 Å². The summed E-state index contributed by atoms with van der Waals surface area (Å²) in [7, 11) is 0. The van der Waals surface area contributed by atoms with Gasteiger partial charge >= 0.3 is 0 Å². The lowest BCUT2D eigenvalue weighted by Crippen LogP contribution is -2.47. The summed E-state index contributed by atoms with van der Waals surface area (Å²) in [6, 6.07) is 4.28. The van der Waals surface area contributed by atoms with Crippen molar-refractivity contribution in [2.75, 3.05) is 19.7 Å². The average Bonchev–Trinajstić information content (AvgIpc) is 2.45. The molecule has 1 aliphatic heterocycles. The molecule has 0 spiro atoms. The number of ether oxygens (including phenoxy) is 1. The number of nitro benzene ring substituents is 1. The lowest BCUT2D eigenvalue weighted by Gasteiger charge is -2.31. The second-order valence-corrected chi connectivity index (χ2v) is 5.24. The molecule has 1 aromatic rings. The fourth-order valence-electron chi connectivity index (χ4n) is 2.09. The van der Waals surface area contributed by atoms with Crippen molar-refractivity contribution in [1.29, 1.82) is 0 Å². The Morgan fingerprint density at radius 1 is 1.64 bits per heavy atom. The third-order valence-corrected chi connectivity index (χ3v) is 3.59. The van der Waals surface area contributed by atoms with E-state index in [1.165, 1.54) is 18.2 Å². The van der Waals surface area contributed by atoms with Crippen molar-refractivity contribution in [3.8, 4) is 0 Å². The van der Waals surface area contributed by atoms with Crippen LogP contribution >= 0.6 is 35.6 Å². The average molecular weight is 441 g/mol. The number of benzene rings is 1. The Kier molecular flexibility index (Phi) is 7.30. The highest BCUT2D eigenvalue weighted by atomic mass is 127. The summed E-state index contributed by atoms with van der Waals surface area (Å²) in [5.41, 5.74) is 6.52. The molecule has 0 amide bonds. The summed E-state index contributed by atoms with van der Waals surface area (Å²) in [5.74, 6) is 0.396. The number of non-ortho nitro benzene ring substituents is 1. The van der Waals surface area contributed by atoms with E-state index in [9.17, 15) is 10.1 Å². The number of hydrogen-bond donors (Lipinski definition) is 1. The van der Waals surface area contributed by atoms with E-state index in [0.29, 0.717) is 36.2 Å². The number of aliphatic imine (C=N–C) groups is 1. The van der Waals surface area contributed by atoms with E-state index in [1.54, 1.807) is 0 Å². The van der Waals surface area contributed by atoms with Crippen molar-refractivity contribution < 1.29 is 9.66 Å². The van der Waals surface area contributed by atoms with Gasteiger partial charge in [-0.15, -0.1) is 24.0 Å². The Labute approximate surface area is 150 Å². The number of morpholine rings is 1. The Balaban J connectivity index is 0.00000242. The maximum atomic E-state index is 10.8. The van der Waals surface area contributed by atoms with Gasteiger partial charge in [-0.3, -0.25) is 10.1 Å². The monoisotopic (exact) mass is 440 g/mol. The molecule has 0 radical (unpaired) electrons. The standard InChI is InChI=1S/C13H17ClN4O3.HI/c1-9-8-17(4-5-21-9)13(15)16-7-10-6-11(18(19)20)2-3-12(10)14;/h2-3,6,9H,4-5,7-8H2,1H3,(H2,15,16);1H. The molecule has 1 aromatic carbocycles. The van der Waals surface area contributed by atoms with Gasteiger partial charge in [-0.2, -0.15) is 0 Å². The molecule has 1 aliphatic rings. The number of nitrogens with zero attached hydrogens (tertiary/aromatic N) is 3. The Morgan fingerprint density at radius 2 is 2.36 bits per heavy atom. The van der Waals surface area contributed by atoms with E-state index in [4.69, 9.17) is 22.1 Å². The lowest BCUT2D eigenvalue weighted by atomic mass is 10.2. The van der Waals surface area contributed by atoms with Crippen LogP contribution in [0.4, 0.5) is 5.69 Å². The third kappa shape index (κ3) is 4.96. The van der Waals surface area contributed by atoms with Crippen molar-refractivity contribution in [3.05, 3.63) is 38.9 Å². The molecule has 0 bridgehead atoms. The molecule has 1 fully saturated rings. The highest BCUT2D eigenvalue weighted by molar-refractivity contribution is 14.0. The van der Waals surface area contributed by atoms with Crippen molar-refractivity contribution in [2.24, 2.45) is 10.7 Å². The minimum absolute atomic E-state index is 0. The van der Waals surface area contributed by atoms with Crippen LogP contribution in [0.5, 0.6) is 0 Å². The number of guanidine groups is 1. The van der Waals surface area contributed by atoms with Gasteiger partial charge in [0.05, 0.1) is 24.2 Å². The molecule has 7 nitrogen and oxygen atoms in total. The first-order valence-corrected chi connectivity index (χ1v) is 6.94. The Bertz CT molecular complexity index is 570. The van der Waals surface area contributed by atoms with E-state index < -0.39 is 4.92 Å². The van der Waals surface area contributed by atoms with Gasteiger partial charge in [-0.05, 0) is 18.6 Å². The van der Waals surface area contributed by atoms with Gasteiger partial charge in [0.2, 0.25) is 0 Å². The van der Waals surface area contributed by atoms with Gasteiger partial charge in [-0.1, -0.05) is 11.6 Å². The summed E-state index contributed by atoms with van der Waals surface area (Å²) in [4.78, 5) is 16.5. The number of rotatable bonds is 3. The molecule has 22 heavy (non-hydrogen) atoms. The number of nitrogens with two attached hydrogens (primary N) is 1. The van der Waals surface area contributed by atoms with E-state index >= 15 is 0 Å². The van der Waals surface area contributed by atoms with E-state index in [0.717, 1.165) is 0 Å². The van der Waals surface area contributed by atoms with Crippen LogP contribution in [-0.4, -0.2) is 41.6 Å². The molecule has 0 saturated carbocycles. The zero-order valence-corrected chi connectivity index (χ0v) is 15.2. The van der Waals surface area contributed by atoms with Gasteiger partial charge in [0.15, 0.2) is 5.96 Å². The van der Waals surface area contributed by atoms with Crippen LogP contribution in [0.25, 0.3) is 0 Å². The molecule has 1 atom stereocenters. The molecule has 0 aromatic heterocycles. The van der Waals surface area contributed by atoms with Gasteiger partial charge in [0.1, 0.15) is 0 Å². The Hall–Kier alpha value is -1.13. The molecule has 0 aliphatic carbocycles. The van der Waals surface area contributed by atoms with Crippen LogP contribution in [0.2, 0.25) is 5.02 Å². The zero-order valence-electron chi connectivity index (χ0n) is 12.1. The molecule has 1 heterocycles. The van der Waals surface area contributed by atoms with Gasteiger partial charge in [0, 0.05) is 30.2 Å². The number of hydrogen-bond acceptors (Lipinski definition) is 4. The molecule has 122 valence electrons. The molecule has 1 saturated heterocycles.